The van der Waals surface area contributed by atoms with Crippen LogP contribution in [0.15, 0.2) is 16.8 Å². The molecule has 0 spiro atoms. The normalized spacial score (nSPS) is 19.4. The first-order valence-electron chi connectivity index (χ1n) is 4.47. The predicted octanol–water partition coefficient (Wildman–Crippen LogP) is 2.45. The molecule has 1 aliphatic carbocycles. The zero-order valence-electron chi connectivity index (χ0n) is 7.12. The average molecular weight is 182 g/mol. The fourth-order valence-corrected chi connectivity index (χ4v) is 2.21. The Balaban J connectivity index is 1.83. The summed E-state index contributed by atoms with van der Waals surface area (Å²) < 4.78 is 0. The molecule has 1 aromatic rings. The second-order valence-electron chi connectivity index (χ2n) is 3.79. The molecule has 0 radical (unpaired) electrons. The first-order chi connectivity index (χ1) is 5.85. The largest absolute Gasteiger partial charge is 0.396 e. The van der Waals surface area contributed by atoms with Crippen molar-refractivity contribution in [2.24, 2.45) is 5.41 Å². The molecule has 1 heterocycles. The number of hydrogen-bond donors (Lipinski definition) is 1. The van der Waals surface area contributed by atoms with E-state index in [0.717, 1.165) is 6.42 Å². The van der Waals surface area contributed by atoms with Crippen molar-refractivity contribution in [1.82, 2.24) is 0 Å². The minimum atomic E-state index is 0.321. The van der Waals surface area contributed by atoms with Crippen LogP contribution >= 0.6 is 11.3 Å². The Morgan fingerprint density at radius 3 is 2.83 bits per heavy atom. The van der Waals surface area contributed by atoms with Crippen LogP contribution in [0.3, 0.4) is 0 Å². The van der Waals surface area contributed by atoms with Crippen LogP contribution < -0.4 is 0 Å². The number of aryl methyl sites for hydroxylation is 1. The maximum Gasteiger partial charge on any atom is 0.0487 e. The van der Waals surface area contributed by atoms with Crippen molar-refractivity contribution >= 4 is 11.3 Å². The van der Waals surface area contributed by atoms with Gasteiger partial charge in [0, 0.05) is 6.61 Å². The smallest absolute Gasteiger partial charge is 0.0487 e. The van der Waals surface area contributed by atoms with Crippen LogP contribution in [0.2, 0.25) is 0 Å². The third-order valence-electron chi connectivity index (χ3n) is 2.82. The number of hydrogen-bond acceptors (Lipinski definition) is 2. The van der Waals surface area contributed by atoms with Crippen LogP contribution in [0.5, 0.6) is 0 Å². The van der Waals surface area contributed by atoms with Crippen molar-refractivity contribution in [1.29, 1.82) is 0 Å². The Kier molecular flexibility index (Phi) is 2.20. The molecule has 1 aromatic heterocycles. The highest BCUT2D eigenvalue weighted by Gasteiger charge is 2.41. The van der Waals surface area contributed by atoms with Crippen LogP contribution in [0.25, 0.3) is 0 Å². The Labute approximate surface area is 77.0 Å². The molecule has 66 valence electrons. The zero-order chi connectivity index (χ0) is 8.44. The predicted molar refractivity (Wildman–Crippen MR) is 51.4 cm³/mol. The summed E-state index contributed by atoms with van der Waals surface area (Å²) in [5.74, 6) is 0. The maximum absolute atomic E-state index is 9.09. The van der Waals surface area contributed by atoms with E-state index in [9.17, 15) is 0 Å². The molecule has 1 fully saturated rings. The second-order valence-corrected chi connectivity index (χ2v) is 4.57. The summed E-state index contributed by atoms with van der Waals surface area (Å²) in [6, 6.07) is 2.18. The standard InChI is InChI=1S/C10H14OS/c11-8-10(4-5-10)3-1-9-2-6-12-7-9/h2,6-7,11H,1,3-5,8H2. The van der Waals surface area contributed by atoms with E-state index in [-0.39, 0.29) is 0 Å². The minimum Gasteiger partial charge on any atom is -0.396 e. The molecule has 0 bridgehead atoms. The monoisotopic (exact) mass is 182 g/mol. The fraction of sp³-hybridized carbons (Fsp3) is 0.600. The van der Waals surface area contributed by atoms with E-state index in [1.54, 1.807) is 11.3 Å². The first-order valence-corrected chi connectivity index (χ1v) is 5.41. The van der Waals surface area contributed by atoms with Crippen molar-refractivity contribution in [2.45, 2.75) is 25.7 Å². The molecule has 1 nitrogen and oxygen atoms in total. The van der Waals surface area contributed by atoms with Gasteiger partial charge < -0.3 is 5.11 Å². The summed E-state index contributed by atoms with van der Waals surface area (Å²) in [5.41, 5.74) is 1.75. The van der Waals surface area contributed by atoms with Gasteiger partial charge in [-0.25, -0.2) is 0 Å². The molecule has 0 amide bonds. The van der Waals surface area contributed by atoms with E-state index in [1.165, 1.54) is 24.8 Å². The molecule has 1 aliphatic rings. The van der Waals surface area contributed by atoms with Crippen molar-refractivity contribution in [3.05, 3.63) is 22.4 Å². The van der Waals surface area contributed by atoms with Gasteiger partial charge in [-0.1, -0.05) is 0 Å². The Morgan fingerprint density at radius 1 is 1.50 bits per heavy atom. The quantitative estimate of drug-likeness (QED) is 0.758. The highest BCUT2D eigenvalue weighted by molar-refractivity contribution is 7.07. The summed E-state index contributed by atoms with van der Waals surface area (Å²) >= 11 is 1.76. The summed E-state index contributed by atoms with van der Waals surface area (Å²) in [6.45, 7) is 0.386. The third-order valence-corrected chi connectivity index (χ3v) is 3.55. The molecule has 2 rings (SSSR count). The second kappa shape index (κ2) is 3.19. The SMILES string of the molecule is OCC1(CCc2ccsc2)CC1. The third kappa shape index (κ3) is 1.70. The minimum absolute atomic E-state index is 0.321. The number of aliphatic hydroxyl groups excluding tert-OH is 1. The van der Waals surface area contributed by atoms with E-state index >= 15 is 0 Å². The molecule has 1 N–H and O–H groups in total. The van der Waals surface area contributed by atoms with E-state index in [1.807, 2.05) is 0 Å². The number of aliphatic hydroxyl groups is 1. The molecule has 0 atom stereocenters. The van der Waals surface area contributed by atoms with Crippen molar-refractivity contribution in [3.8, 4) is 0 Å². The lowest BCUT2D eigenvalue weighted by Gasteiger charge is -2.09. The lowest BCUT2D eigenvalue weighted by molar-refractivity contribution is 0.203. The van der Waals surface area contributed by atoms with Gasteiger partial charge in [0.25, 0.3) is 0 Å². The molecule has 0 unspecified atom stereocenters. The van der Waals surface area contributed by atoms with Gasteiger partial charge in [0.15, 0.2) is 0 Å². The van der Waals surface area contributed by atoms with E-state index in [2.05, 4.69) is 16.8 Å². The van der Waals surface area contributed by atoms with Gasteiger partial charge in [-0.3, -0.25) is 0 Å². The molecule has 0 aromatic carbocycles. The van der Waals surface area contributed by atoms with E-state index in [0.29, 0.717) is 12.0 Å². The zero-order valence-corrected chi connectivity index (χ0v) is 7.94. The van der Waals surface area contributed by atoms with Gasteiger partial charge in [-0.15, -0.1) is 0 Å². The van der Waals surface area contributed by atoms with E-state index < -0.39 is 0 Å². The molecule has 0 aliphatic heterocycles. The highest BCUT2D eigenvalue weighted by atomic mass is 32.1. The lowest BCUT2D eigenvalue weighted by Crippen LogP contribution is -2.07. The van der Waals surface area contributed by atoms with Crippen molar-refractivity contribution in [2.75, 3.05) is 6.61 Å². The molecule has 0 saturated heterocycles. The highest BCUT2D eigenvalue weighted by Crippen LogP contribution is 2.48. The molecule has 2 heteroatoms. The summed E-state index contributed by atoms with van der Waals surface area (Å²) in [7, 11) is 0. The van der Waals surface area contributed by atoms with Crippen LogP contribution in [0.4, 0.5) is 0 Å². The van der Waals surface area contributed by atoms with E-state index in [4.69, 9.17) is 5.11 Å². The van der Waals surface area contributed by atoms with Gasteiger partial charge in [0.05, 0.1) is 0 Å². The lowest BCUT2D eigenvalue weighted by atomic mass is 9.99. The molecule has 12 heavy (non-hydrogen) atoms. The van der Waals surface area contributed by atoms with Crippen LogP contribution in [0, 0.1) is 5.41 Å². The molecular weight excluding hydrogens is 168 g/mol. The van der Waals surface area contributed by atoms with Crippen molar-refractivity contribution in [3.63, 3.8) is 0 Å². The van der Waals surface area contributed by atoms with Crippen LogP contribution in [-0.4, -0.2) is 11.7 Å². The van der Waals surface area contributed by atoms with Gasteiger partial charge >= 0.3 is 0 Å². The summed E-state index contributed by atoms with van der Waals surface area (Å²) in [4.78, 5) is 0. The molecular formula is C10H14OS. The van der Waals surface area contributed by atoms with Gasteiger partial charge in [0.1, 0.15) is 0 Å². The van der Waals surface area contributed by atoms with Gasteiger partial charge in [0.2, 0.25) is 0 Å². The topological polar surface area (TPSA) is 20.2 Å². The van der Waals surface area contributed by atoms with Gasteiger partial charge in [-0.05, 0) is 53.5 Å². The van der Waals surface area contributed by atoms with Crippen molar-refractivity contribution < 1.29 is 5.11 Å². The Bertz CT molecular complexity index is 236. The first kappa shape index (κ1) is 8.27. The van der Waals surface area contributed by atoms with Crippen LogP contribution in [0.1, 0.15) is 24.8 Å². The average Bonchev–Trinajstić information content (AvgIpc) is 2.70. The number of rotatable bonds is 4. The molecule has 1 saturated carbocycles. The summed E-state index contributed by atoms with van der Waals surface area (Å²) in [5, 5.41) is 13.4. The summed E-state index contributed by atoms with van der Waals surface area (Å²) in [6.07, 6.45) is 4.77. The number of thiophene rings is 1. The Hall–Kier alpha value is -0.340. The maximum atomic E-state index is 9.09. The Morgan fingerprint density at radius 2 is 2.33 bits per heavy atom. The fourth-order valence-electron chi connectivity index (χ4n) is 1.51. The van der Waals surface area contributed by atoms with Gasteiger partial charge in [-0.2, -0.15) is 11.3 Å². The van der Waals surface area contributed by atoms with Crippen LogP contribution in [-0.2, 0) is 6.42 Å².